The zero-order valence-corrected chi connectivity index (χ0v) is 8.79. The van der Waals surface area contributed by atoms with E-state index in [-0.39, 0.29) is 12.0 Å². The van der Waals surface area contributed by atoms with Crippen LogP contribution in [0.15, 0.2) is 16.7 Å². The Morgan fingerprint density at radius 2 is 2.53 bits per heavy atom. The highest BCUT2D eigenvalue weighted by molar-refractivity contribution is 5.95. The fourth-order valence-corrected chi connectivity index (χ4v) is 1.73. The minimum atomic E-state index is -0.0863. The Bertz CT molecular complexity index is 339. The summed E-state index contributed by atoms with van der Waals surface area (Å²) in [5.74, 6) is 0.566. The minimum Gasteiger partial charge on any atom is -0.469 e. The summed E-state index contributed by atoms with van der Waals surface area (Å²) in [6, 6.07) is 1.68. The molecule has 2 rings (SSSR count). The summed E-state index contributed by atoms with van der Waals surface area (Å²) in [6.45, 7) is 3.18. The van der Waals surface area contributed by atoms with Crippen molar-refractivity contribution in [2.24, 2.45) is 0 Å². The molecule has 4 heteroatoms. The third-order valence-corrected chi connectivity index (χ3v) is 2.62. The first-order valence-electron chi connectivity index (χ1n) is 5.21. The van der Waals surface area contributed by atoms with E-state index in [4.69, 9.17) is 9.15 Å². The summed E-state index contributed by atoms with van der Waals surface area (Å²) >= 11 is 0. The third kappa shape index (κ3) is 2.39. The van der Waals surface area contributed by atoms with Gasteiger partial charge in [-0.1, -0.05) is 0 Å². The summed E-state index contributed by atoms with van der Waals surface area (Å²) in [5, 5.41) is 2.84. The molecule has 1 aliphatic heterocycles. The lowest BCUT2D eigenvalue weighted by atomic mass is 10.2. The summed E-state index contributed by atoms with van der Waals surface area (Å²) in [6.07, 6.45) is 3.83. The lowest BCUT2D eigenvalue weighted by Gasteiger charge is -2.10. The number of carbonyl (C=O) groups is 1. The Labute approximate surface area is 88.6 Å². The van der Waals surface area contributed by atoms with Crippen molar-refractivity contribution in [1.29, 1.82) is 0 Å². The summed E-state index contributed by atoms with van der Waals surface area (Å²) in [5.41, 5.74) is 0.605. The van der Waals surface area contributed by atoms with E-state index in [0.717, 1.165) is 19.4 Å². The summed E-state index contributed by atoms with van der Waals surface area (Å²) < 4.78 is 10.5. The molecular formula is C11H15NO3. The molecule has 1 saturated heterocycles. The molecule has 1 amide bonds. The van der Waals surface area contributed by atoms with Gasteiger partial charge in [0.05, 0.1) is 17.9 Å². The molecule has 0 bridgehead atoms. The van der Waals surface area contributed by atoms with E-state index in [2.05, 4.69) is 5.32 Å². The molecule has 1 aliphatic rings. The van der Waals surface area contributed by atoms with Crippen LogP contribution in [0.1, 0.15) is 29.0 Å². The highest BCUT2D eigenvalue weighted by Gasteiger charge is 2.17. The number of carbonyl (C=O) groups excluding carboxylic acids is 1. The van der Waals surface area contributed by atoms with Crippen LogP contribution in [0.4, 0.5) is 0 Å². The zero-order chi connectivity index (χ0) is 10.7. The largest absolute Gasteiger partial charge is 0.469 e. The molecule has 1 aromatic rings. The van der Waals surface area contributed by atoms with Gasteiger partial charge >= 0.3 is 0 Å². The Hall–Kier alpha value is -1.29. The Morgan fingerprint density at radius 1 is 1.67 bits per heavy atom. The topological polar surface area (TPSA) is 51.5 Å². The van der Waals surface area contributed by atoms with Gasteiger partial charge in [0.25, 0.3) is 5.91 Å². The second-order valence-corrected chi connectivity index (χ2v) is 3.74. The Kier molecular flexibility index (Phi) is 3.06. The van der Waals surface area contributed by atoms with Gasteiger partial charge in [0.2, 0.25) is 0 Å². The van der Waals surface area contributed by atoms with Crippen molar-refractivity contribution < 1.29 is 13.9 Å². The van der Waals surface area contributed by atoms with E-state index in [0.29, 0.717) is 17.9 Å². The minimum absolute atomic E-state index is 0.0863. The number of hydrogen-bond donors (Lipinski definition) is 1. The van der Waals surface area contributed by atoms with Gasteiger partial charge in [-0.3, -0.25) is 4.79 Å². The second-order valence-electron chi connectivity index (χ2n) is 3.74. The van der Waals surface area contributed by atoms with Gasteiger partial charge in [-0.05, 0) is 25.8 Å². The van der Waals surface area contributed by atoms with E-state index >= 15 is 0 Å². The van der Waals surface area contributed by atoms with Gasteiger partial charge in [-0.2, -0.15) is 0 Å². The number of aryl methyl sites for hydroxylation is 1. The molecule has 0 aromatic carbocycles. The maximum Gasteiger partial charge on any atom is 0.254 e. The van der Waals surface area contributed by atoms with Crippen LogP contribution in [0.2, 0.25) is 0 Å². The van der Waals surface area contributed by atoms with Crippen LogP contribution >= 0.6 is 0 Å². The van der Waals surface area contributed by atoms with Crippen LogP contribution in [0.3, 0.4) is 0 Å². The average Bonchev–Trinajstić information content (AvgIpc) is 2.84. The molecule has 1 atom stereocenters. The average molecular weight is 209 g/mol. The van der Waals surface area contributed by atoms with Gasteiger partial charge in [-0.15, -0.1) is 0 Å². The van der Waals surface area contributed by atoms with Gasteiger partial charge in [0.1, 0.15) is 5.76 Å². The smallest absolute Gasteiger partial charge is 0.254 e. The predicted molar refractivity (Wildman–Crippen MR) is 54.8 cm³/mol. The molecule has 4 nitrogen and oxygen atoms in total. The van der Waals surface area contributed by atoms with Crippen molar-refractivity contribution in [3.63, 3.8) is 0 Å². The Balaban J connectivity index is 1.84. The van der Waals surface area contributed by atoms with Gasteiger partial charge < -0.3 is 14.5 Å². The number of furan rings is 1. The number of ether oxygens (including phenoxy) is 1. The fraction of sp³-hybridized carbons (Fsp3) is 0.545. The molecule has 1 unspecified atom stereocenters. The normalized spacial score (nSPS) is 20.5. The molecular weight excluding hydrogens is 194 g/mol. The predicted octanol–water partition coefficient (Wildman–Crippen LogP) is 1.50. The van der Waals surface area contributed by atoms with E-state index in [1.807, 2.05) is 0 Å². The van der Waals surface area contributed by atoms with Crippen molar-refractivity contribution in [1.82, 2.24) is 5.32 Å². The van der Waals surface area contributed by atoms with E-state index in [1.54, 1.807) is 13.0 Å². The Morgan fingerprint density at radius 3 is 3.13 bits per heavy atom. The molecule has 82 valence electrons. The lowest BCUT2D eigenvalue weighted by Crippen LogP contribution is -2.31. The maximum absolute atomic E-state index is 11.7. The second kappa shape index (κ2) is 4.49. The molecule has 0 saturated carbocycles. The van der Waals surface area contributed by atoms with Crippen LogP contribution in [0.25, 0.3) is 0 Å². The van der Waals surface area contributed by atoms with Crippen molar-refractivity contribution in [2.75, 3.05) is 13.2 Å². The van der Waals surface area contributed by atoms with Crippen LogP contribution in [-0.4, -0.2) is 25.2 Å². The summed E-state index contributed by atoms with van der Waals surface area (Å²) in [7, 11) is 0. The van der Waals surface area contributed by atoms with Crippen molar-refractivity contribution >= 4 is 5.91 Å². The quantitative estimate of drug-likeness (QED) is 0.820. The molecule has 1 N–H and O–H groups in total. The van der Waals surface area contributed by atoms with E-state index < -0.39 is 0 Å². The van der Waals surface area contributed by atoms with Crippen LogP contribution in [0.5, 0.6) is 0 Å². The van der Waals surface area contributed by atoms with Crippen molar-refractivity contribution in [3.05, 3.63) is 23.7 Å². The SMILES string of the molecule is Cc1occc1C(=O)NCC1CCCO1. The number of rotatable bonds is 3. The fourth-order valence-electron chi connectivity index (χ4n) is 1.73. The van der Waals surface area contributed by atoms with Crippen LogP contribution < -0.4 is 5.32 Å². The number of hydrogen-bond acceptors (Lipinski definition) is 3. The van der Waals surface area contributed by atoms with Crippen molar-refractivity contribution in [3.8, 4) is 0 Å². The first-order chi connectivity index (χ1) is 7.27. The molecule has 0 radical (unpaired) electrons. The number of nitrogens with one attached hydrogen (secondary N) is 1. The molecule has 0 spiro atoms. The van der Waals surface area contributed by atoms with Gasteiger partial charge in [0, 0.05) is 13.2 Å². The highest BCUT2D eigenvalue weighted by Crippen LogP contribution is 2.12. The van der Waals surface area contributed by atoms with E-state index in [1.165, 1.54) is 6.26 Å². The third-order valence-electron chi connectivity index (χ3n) is 2.62. The first kappa shape index (κ1) is 10.2. The standard InChI is InChI=1S/C11H15NO3/c1-8-10(4-6-14-8)11(13)12-7-9-3-2-5-15-9/h4,6,9H,2-3,5,7H2,1H3,(H,12,13). The maximum atomic E-state index is 11.7. The van der Waals surface area contributed by atoms with Gasteiger partial charge in [0.15, 0.2) is 0 Å². The van der Waals surface area contributed by atoms with Crippen LogP contribution in [-0.2, 0) is 4.74 Å². The van der Waals surface area contributed by atoms with Crippen LogP contribution in [0, 0.1) is 6.92 Å². The molecule has 1 fully saturated rings. The molecule has 0 aliphatic carbocycles. The number of amides is 1. The highest BCUT2D eigenvalue weighted by atomic mass is 16.5. The molecule has 2 heterocycles. The first-order valence-corrected chi connectivity index (χ1v) is 5.21. The molecule has 1 aromatic heterocycles. The van der Waals surface area contributed by atoms with Gasteiger partial charge in [-0.25, -0.2) is 0 Å². The lowest BCUT2D eigenvalue weighted by molar-refractivity contribution is 0.0856. The monoisotopic (exact) mass is 209 g/mol. The molecule has 15 heavy (non-hydrogen) atoms. The zero-order valence-electron chi connectivity index (χ0n) is 8.79. The van der Waals surface area contributed by atoms with Crippen molar-refractivity contribution in [2.45, 2.75) is 25.9 Å². The summed E-state index contributed by atoms with van der Waals surface area (Å²) in [4.78, 5) is 11.7. The van der Waals surface area contributed by atoms with E-state index in [9.17, 15) is 4.79 Å².